The molecule has 1 aliphatic heterocycles. The van der Waals surface area contributed by atoms with E-state index in [1.165, 1.54) is 22.4 Å². The lowest BCUT2D eigenvalue weighted by atomic mass is 10.00. The zero-order chi connectivity index (χ0) is 21.9. The molecule has 0 bridgehead atoms. The van der Waals surface area contributed by atoms with Crippen LogP contribution in [0.4, 0.5) is 5.82 Å². The van der Waals surface area contributed by atoms with Crippen LogP contribution in [-0.4, -0.2) is 59.0 Å². The van der Waals surface area contributed by atoms with Gasteiger partial charge in [0.15, 0.2) is 0 Å². The summed E-state index contributed by atoms with van der Waals surface area (Å²) in [5, 5.41) is 8.64. The fourth-order valence-electron chi connectivity index (χ4n) is 4.25. The van der Waals surface area contributed by atoms with Gasteiger partial charge in [-0.15, -0.1) is 0 Å². The number of benzene rings is 1. The summed E-state index contributed by atoms with van der Waals surface area (Å²) < 4.78 is 3.78. The van der Waals surface area contributed by atoms with Crippen LogP contribution in [0.25, 0.3) is 0 Å². The van der Waals surface area contributed by atoms with Gasteiger partial charge in [-0.2, -0.15) is 10.2 Å². The van der Waals surface area contributed by atoms with Crippen molar-refractivity contribution >= 4 is 5.82 Å². The van der Waals surface area contributed by atoms with Crippen LogP contribution in [0.1, 0.15) is 28.4 Å². The maximum atomic E-state index is 4.53. The maximum Gasteiger partial charge on any atom is 0.147 e. The Kier molecular flexibility index (Phi) is 5.64. The molecule has 1 aliphatic rings. The molecule has 0 N–H and O–H groups in total. The first-order valence-corrected chi connectivity index (χ1v) is 10.8. The number of aromatic nitrogens is 7. The Balaban J connectivity index is 1.40. The fraction of sp³-hybridized carbons (Fsp3) is 0.348. The van der Waals surface area contributed by atoms with Crippen molar-refractivity contribution in [2.45, 2.75) is 26.1 Å². The Hall–Kier alpha value is -3.59. The first-order valence-electron chi connectivity index (χ1n) is 10.8. The molecule has 4 aromatic rings. The second-order valence-electron chi connectivity index (χ2n) is 8.21. The van der Waals surface area contributed by atoms with Gasteiger partial charge < -0.3 is 4.90 Å². The quantitative estimate of drug-likeness (QED) is 0.465. The van der Waals surface area contributed by atoms with Crippen molar-refractivity contribution in [2.75, 3.05) is 24.5 Å². The third kappa shape index (κ3) is 4.24. The van der Waals surface area contributed by atoms with Crippen molar-refractivity contribution in [2.24, 2.45) is 7.05 Å². The summed E-state index contributed by atoms with van der Waals surface area (Å²) in [7, 11) is 2.00. The Morgan fingerprint density at radius 2 is 1.84 bits per heavy atom. The summed E-state index contributed by atoms with van der Waals surface area (Å²) in [5.74, 6) is 0.928. The van der Waals surface area contributed by atoms with Gasteiger partial charge >= 0.3 is 0 Å². The molecule has 1 unspecified atom stereocenters. The van der Waals surface area contributed by atoms with Crippen molar-refractivity contribution in [1.82, 2.24) is 39.4 Å². The molecular weight excluding hydrogens is 402 g/mol. The summed E-state index contributed by atoms with van der Waals surface area (Å²) >= 11 is 0. The highest BCUT2D eigenvalue weighted by Gasteiger charge is 2.29. The first kappa shape index (κ1) is 20.3. The monoisotopic (exact) mass is 429 g/mol. The van der Waals surface area contributed by atoms with Crippen LogP contribution < -0.4 is 4.90 Å². The van der Waals surface area contributed by atoms with Gasteiger partial charge in [-0.3, -0.25) is 14.6 Å². The predicted octanol–water partition coefficient (Wildman–Crippen LogP) is 2.22. The van der Waals surface area contributed by atoms with Crippen LogP contribution in [-0.2, 0) is 20.1 Å². The maximum absolute atomic E-state index is 4.53. The smallest absolute Gasteiger partial charge is 0.147 e. The molecule has 32 heavy (non-hydrogen) atoms. The van der Waals surface area contributed by atoms with E-state index in [0.29, 0.717) is 0 Å². The largest absolute Gasteiger partial charge is 0.352 e. The summed E-state index contributed by atoms with van der Waals surface area (Å²) in [6.45, 7) is 6.44. The molecule has 0 spiro atoms. The normalized spacial score (nSPS) is 17.1. The second kappa shape index (κ2) is 8.88. The molecule has 9 heteroatoms. The number of nitrogens with zero attached hydrogens (tertiary/aromatic N) is 9. The summed E-state index contributed by atoms with van der Waals surface area (Å²) in [6.07, 6.45) is 10.6. The minimum Gasteiger partial charge on any atom is -0.352 e. The highest BCUT2D eigenvalue weighted by atomic mass is 15.3. The molecule has 0 saturated carbocycles. The average Bonchev–Trinajstić information content (AvgIpc) is 3.46. The molecule has 0 amide bonds. The number of piperazine rings is 1. The highest BCUT2D eigenvalue weighted by molar-refractivity contribution is 5.38. The van der Waals surface area contributed by atoms with Gasteiger partial charge in [-0.05, 0) is 18.1 Å². The molecule has 3 aromatic heterocycles. The molecule has 9 nitrogen and oxygen atoms in total. The topological polar surface area (TPSA) is 80.8 Å². The molecule has 1 saturated heterocycles. The molecule has 1 atom stereocenters. The molecule has 0 radical (unpaired) electrons. The molecule has 5 rings (SSSR count). The van der Waals surface area contributed by atoms with Gasteiger partial charge in [-0.1, -0.05) is 24.3 Å². The first-order chi connectivity index (χ1) is 15.7. The third-order valence-corrected chi connectivity index (χ3v) is 6.25. The van der Waals surface area contributed by atoms with Gasteiger partial charge in [-0.25, -0.2) is 14.6 Å². The van der Waals surface area contributed by atoms with Crippen molar-refractivity contribution in [3.05, 3.63) is 84.1 Å². The number of hydrogen-bond acceptors (Lipinski definition) is 7. The van der Waals surface area contributed by atoms with E-state index in [0.717, 1.165) is 38.5 Å². The Morgan fingerprint density at radius 1 is 0.969 bits per heavy atom. The van der Waals surface area contributed by atoms with Crippen LogP contribution in [0.5, 0.6) is 0 Å². The minimum absolute atomic E-state index is 0.241. The number of anilines is 1. The zero-order valence-corrected chi connectivity index (χ0v) is 18.4. The van der Waals surface area contributed by atoms with Gasteiger partial charge in [0.2, 0.25) is 0 Å². The van der Waals surface area contributed by atoms with E-state index in [2.05, 4.69) is 66.1 Å². The number of aryl methyl sites for hydroxylation is 1. The van der Waals surface area contributed by atoms with E-state index in [1.807, 2.05) is 28.8 Å². The number of rotatable bonds is 6. The Bertz CT molecular complexity index is 1140. The van der Waals surface area contributed by atoms with E-state index >= 15 is 0 Å². The summed E-state index contributed by atoms with van der Waals surface area (Å²) in [4.78, 5) is 17.7. The molecule has 1 fully saturated rings. The van der Waals surface area contributed by atoms with E-state index in [1.54, 1.807) is 25.0 Å². The lowest BCUT2D eigenvalue weighted by molar-refractivity contribution is 0.168. The molecule has 1 aromatic carbocycles. The van der Waals surface area contributed by atoms with E-state index < -0.39 is 0 Å². The van der Waals surface area contributed by atoms with Gasteiger partial charge in [0.05, 0.1) is 25.0 Å². The van der Waals surface area contributed by atoms with Crippen LogP contribution >= 0.6 is 0 Å². The Morgan fingerprint density at radius 3 is 2.53 bits per heavy atom. The zero-order valence-electron chi connectivity index (χ0n) is 18.4. The second-order valence-corrected chi connectivity index (χ2v) is 8.21. The van der Waals surface area contributed by atoms with Crippen molar-refractivity contribution in [3.63, 3.8) is 0 Å². The summed E-state index contributed by atoms with van der Waals surface area (Å²) in [6, 6.07) is 9.09. The lowest BCUT2D eigenvalue weighted by Gasteiger charge is -2.42. The fourth-order valence-corrected chi connectivity index (χ4v) is 4.25. The third-order valence-electron chi connectivity index (χ3n) is 6.25. The molecule has 0 aliphatic carbocycles. The van der Waals surface area contributed by atoms with Gasteiger partial charge in [0.25, 0.3) is 0 Å². The van der Waals surface area contributed by atoms with E-state index in [9.17, 15) is 0 Å². The summed E-state index contributed by atoms with van der Waals surface area (Å²) in [5.41, 5.74) is 4.98. The van der Waals surface area contributed by atoms with Gasteiger partial charge in [0, 0.05) is 56.9 Å². The van der Waals surface area contributed by atoms with E-state index in [4.69, 9.17) is 0 Å². The van der Waals surface area contributed by atoms with Gasteiger partial charge in [0.1, 0.15) is 18.5 Å². The Labute approximate surface area is 187 Å². The van der Waals surface area contributed by atoms with Crippen LogP contribution in [0.3, 0.4) is 0 Å². The van der Waals surface area contributed by atoms with Crippen LogP contribution in [0, 0.1) is 6.92 Å². The van der Waals surface area contributed by atoms with Crippen LogP contribution in [0.2, 0.25) is 0 Å². The van der Waals surface area contributed by atoms with Crippen molar-refractivity contribution in [1.29, 1.82) is 0 Å². The SMILES string of the molecule is Cc1c(CN2CCN(c3cnccn3)CC2c2ccc(Cn3cncn3)cc2)cnn1C. The van der Waals surface area contributed by atoms with Crippen molar-refractivity contribution < 1.29 is 0 Å². The average molecular weight is 430 g/mol. The molecule has 164 valence electrons. The lowest BCUT2D eigenvalue weighted by Crippen LogP contribution is -2.48. The standard InChI is InChI=1S/C23H27N9/c1-18-21(11-27-29(18)2)14-30-9-10-31(23-12-24-7-8-26-23)15-22(30)20-5-3-19(4-6-20)13-32-17-25-16-28-32/h3-8,11-12,16-17,22H,9-10,13-15H2,1-2H3. The predicted molar refractivity (Wildman–Crippen MR) is 121 cm³/mol. The number of hydrogen-bond donors (Lipinski definition) is 0. The van der Waals surface area contributed by atoms with Crippen molar-refractivity contribution in [3.8, 4) is 0 Å². The minimum atomic E-state index is 0.241. The molecule has 4 heterocycles. The van der Waals surface area contributed by atoms with Crippen LogP contribution in [0.15, 0.2) is 61.7 Å². The highest BCUT2D eigenvalue weighted by Crippen LogP contribution is 2.30. The van der Waals surface area contributed by atoms with E-state index in [-0.39, 0.29) is 6.04 Å². The molecular formula is C23H27N9.